The maximum Gasteiger partial charge on any atom is 0.287 e. The van der Waals surface area contributed by atoms with E-state index < -0.39 is 0 Å². The van der Waals surface area contributed by atoms with Crippen LogP contribution in [0.5, 0.6) is 0 Å². The van der Waals surface area contributed by atoms with Crippen LogP contribution in [0.4, 0.5) is 5.95 Å². The minimum Gasteiger partial charge on any atom is -0.451 e. The summed E-state index contributed by atoms with van der Waals surface area (Å²) in [6, 6.07) is 9.67. The first-order valence-corrected chi connectivity index (χ1v) is 8.52. The summed E-state index contributed by atoms with van der Waals surface area (Å²) in [6.07, 6.45) is 5.23. The Morgan fingerprint density at radius 1 is 1.20 bits per heavy atom. The van der Waals surface area contributed by atoms with E-state index in [1.165, 1.54) is 0 Å². The fraction of sp³-hybridized carbons (Fsp3) is 0.316. The number of piperidine rings is 1. The predicted octanol–water partition coefficient (Wildman–Crippen LogP) is 2.93. The Kier molecular flexibility index (Phi) is 4.09. The number of nitrogens with one attached hydrogen (secondary N) is 1. The van der Waals surface area contributed by atoms with E-state index in [1.54, 1.807) is 12.4 Å². The van der Waals surface area contributed by atoms with Crippen molar-refractivity contribution < 1.29 is 9.21 Å². The number of hydrogen-bond acceptors (Lipinski definition) is 5. The number of amides is 1. The van der Waals surface area contributed by atoms with E-state index in [0.717, 1.165) is 48.4 Å². The molecule has 1 amide bonds. The number of furan rings is 1. The highest BCUT2D eigenvalue weighted by atomic mass is 16.3. The Bertz CT molecular complexity index is 883. The van der Waals surface area contributed by atoms with Crippen molar-refractivity contribution in [3.8, 4) is 0 Å². The van der Waals surface area contributed by atoms with Crippen LogP contribution in [0.15, 0.2) is 47.1 Å². The number of nitrogens with zero attached hydrogens (tertiary/aromatic N) is 3. The van der Waals surface area contributed by atoms with Crippen molar-refractivity contribution >= 4 is 22.8 Å². The average Bonchev–Trinajstić information content (AvgIpc) is 3.06. The van der Waals surface area contributed by atoms with Gasteiger partial charge in [0.05, 0.1) is 0 Å². The number of anilines is 1. The van der Waals surface area contributed by atoms with Crippen LogP contribution in [0.3, 0.4) is 0 Å². The van der Waals surface area contributed by atoms with Crippen molar-refractivity contribution in [1.29, 1.82) is 0 Å². The van der Waals surface area contributed by atoms with Gasteiger partial charge in [-0.15, -0.1) is 0 Å². The normalized spacial score (nSPS) is 15.5. The molecule has 3 heterocycles. The number of carbonyl (C=O) groups excluding carboxylic acids is 1. The first-order valence-electron chi connectivity index (χ1n) is 8.52. The number of hydrogen-bond donors (Lipinski definition) is 1. The molecule has 1 fully saturated rings. The molecule has 6 heteroatoms. The van der Waals surface area contributed by atoms with Crippen molar-refractivity contribution in [2.45, 2.75) is 25.8 Å². The van der Waals surface area contributed by atoms with Crippen LogP contribution in [0.1, 0.15) is 29.0 Å². The van der Waals surface area contributed by atoms with Gasteiger partial charge in [-0.2, -0.15) is 0 Å². The molecule has 0 aliphatic carbocycles. The van der Waals surface area contributed by atoms with Gasteiger partial charge in [0.1, 0.15) is 5.58 Å². The van der Waals surface area contributed by atoms with Crippen LogP contribution >= 0.6 is 0 Å². The number of rotatable bonds is 3. The average molecular weight is 336 g/mol. The molecule has 1 saturated heterocycles. The quantitative estimate of drug-likeness (QED) is 0.796. The zero-order valence-electron chi connectivity index (χ0n) is 14.1. The molecule has 1 aliphatic heterocycles. The van der Waals surface area contributed by atoms with E-state index in [4.69, 9.17) is 4.42 Å². The summed E-state index contributed by atoms with van der Waals surface area (Å²) < 4.78 is 5.67. The van der Waals surface area contributed by atoms with Gasteiger partial charge in [0.2, 0.25) is 5.95 Å². The van der Waals surface area contributed by atoms with Crippen LogP contribution in [-0.4, -0.2) is 35.0 Å². The minimum atomic E-state index is -0.150. The highest BCUT2D eigenvalue weighted by molar-refractivity contribution is 5.96. The molecule has 1 aromatic carbocycles. The third-order valence-electron chi connectivity index (χ3n) is 4.56. The largest absolute Gasteiger partial charge is 0.451 e. The first-order chi connectivity index (χ1) is 12.2. The Hall–Kier alpha value is -2.89. The zero-order chi connectivity index (χ0) is 17.2. The standard InChI is InChI=1S/C19H20N4O2/c1-13-3-4-16-14(11-13)12-17(25-16)18(24)22-15-5-9-23(10-6-15)19-20-7-2-8-21-19/h2-4,7-8,11-12,15H,5-6,9-10H2,1H3,(H,22,24). The second-order valence-corrected chi connectivity index (χ2v) is 6.44. The summed E-state index contributed by atoms with van der Waals surface area (Å²) in [7, 11) is 0. The highest BCUT2D eigenvalue weighted by Gasteiger charge is 2.23. The maximum atomic E-state index is 12.5. The van der Waals surface area contributed by atoms with Gasteiger partial charge in [-0.3, -0.25) is 4.79 Å². The molecule has 2 aromatic heterocycles. The lowest BCUT2D eigenvalue weighted by molar-refractivity contribution is 0.0905. The van der Waals surface area contributed by atoms with Gasteiger partial charge >= 0.3 is 0 Å². The van der Waals surface area contributed by atoms with Crippen LogP contribution < -0.4 is 10.2 Å². The molecular weight excluding hydrogens is 316 g/mol. The minimum absolute atomic E-state index is 0.141. The zero-order valence-corrected chi connectivity index (χ0v) is 14.1. The van der Waals surface area contributed by atoms with Crippen LogP contribution in [0, 0.1) is 6.92 Å². The molecule has 0 bridgehead atoms. The predicted molar refractivity (Wildman–Crippen MR) is 95.7 cm³/mol. The van der Waals surface area contributed by atoms with Crippen LogP contribution in [0.2, 0.25) is 0 Å². The van der Waals surface area contributed by atoms with Gasteiger partial charge < -0.3 is 14.6 Å². The third-order valence-corrected chi connectivity index (χ3v) is 4.56. The SMILES string of the molecule is Cc1ccc2oc(C(=O)NC3CCN(c4ncccn4)CC3)cc2c1. The van der Waals surface area contributed by atoms with Crippen molar-refractivity contribution in [2.24, 2.45) is 0 Å². The summed E-state index contributed by atoms with van der Waals surface area (Å²) in [5, 5.41) is 4.04. The van der Waals surface area contributed by atoms with Crippen LogP contribution in [0.25, 0.3) is 11.0 Å². The summed E-state index contributed by atoms with van der Waals surface area (Å²) in [6.45, 7) is 3.68. The summed E-state index contributed by atoms with van der Waals surface area (Å²) >= 11 is 0. The van der Waals surface area contributed by atoms with Gasteiger partial charge in [0.25, 0.3) is 5.91 Å². The molecule has 0 spiro atoms. The molecule has 1 aliphatic rings. The van der Waals surface area contributed by atoms with Crippen LogP contribution in [-0.2, 0) is 0 Å². The third kappa shape index (κ3) is 3.33. The molecule has 4 rings (SSSR count). The number of carbonyl (C=O) groups is 1. The number of fused-ring (bicyclic) bond motifs is 1. The van der Waals surface area contributed by atoms with Gasteiger partial charge in [-0.1, -0.05) is 11.6 Å². The molecule has 6 nitrogen and oxygen atoms in total. The lowest BCUT2D eigenvalue weighted by Gasteiger charge is -2.32. The van der Waals surface area contributed by atoms with E-state index in [0.29, 0.717) is 5.76 Å². The molecular formula is C19H20N4O2. The summed E-state index contributed by atoms with van der Waals surface area (Å²) in [5.41, 5.74) is 1.89. The van der Waals surface area contributed by atoms with E-state index in [9.17, 15) is 4.79 Å². The Morgan fingerprint density at radius 3 is 2.72 bits per heavy atom. The second-order valence-electron chi connectivity index (χ2n) is 6.44. The lowest BCUT2D eigenvalue weighted by Crippen LogP contribution is -2.45. The molecule has 0 saturated carbocycles. The first kappa shape index (κ1) is 15.6. The maximum absolute atomic E-state index is 12.5. The van der Waals surface area contributed by atoms with Crippen molar-refractivity contribution in [2.75, 3.05) is 18.0 Å². The lowest BCUT2D eigenvalue weighted by atomic mass is 10.1. The van der Waals surface area contributed by atoms with E-state index in [2.05, 4.69) is 20.2 Å². The monoisotopic (exact) mass is 336 g/mol. The Balaban J connectivity index is 1.38. The summed E-state index contributed by atoms with van der Waals surface area (Å²) in [4.78, 5) is 23.2. The second kappa shape index (κ2) is 6.55. The molecule has 0 atom stereocenters. The van der Waals surface area contributed by atoms with Crippen molar-refractivity contribution in [3.05, 3.63) is 54.0 Å². The number of aromatic nitrogens is 2. The van der Waals surface area contributed by atoms with Gasteiger partial charge in [0.15, 0.2) is 5.76 Å². The molecule has 0 radical (unpaired) electrons. The van der Waals surface area contributed by atoms with Crippen molar-refractivity contribution in [3.63, 3.8) is 0 Å². The Morgan fingerprint density at radius 2 is 1.96 bits per heavy atom. The molecule has 0 unspecified atom stereocenters. The topological polar surface area (TPSA) is 71.3 Å². The molecule has 128 valence electrons. The summed E-state index contributed by atoms with van der Waals surface area (Å²) in [5.74, 6) is 0.970. The number of benzene rings is 1. The smallest absolute Gasteiger partial charge is 0.287 e. The molecule has 3 aromatic rings. The van der Waals surface area contributed by atoms with E-state index in [-0.39, 0.29) is 11.9 Å². The van der Waals surface area contributed by atoms with Gasteiger partial charge in [-0.25, -0.2) is 9.97 Å². The number of aryl methyl sites for hydroxylation is 1. The fourth-order valence-electron chi connectivity index (χ4n) is 3.21. The van der Waals surface area contributed by atoms with Crippen molar-refractivity contribution in [1.82, 2.24) is 15.3 Å². The van der Waals surface area contributed by atoms with E-state index in [1.807, 2.05) is 37.3 Å². The highest BCUT2D eigenvalue weighted by Crippen LogP contribution is 2.21. The molecule has 25 heavy (non-hydrogen) atoms. The van der Waals surface area contributed by atoms with Gasteiger partial charge in [-0.05, 0) is 44.0 Å². The van der Waals surface area contributed by atoms with E-state index >= 15 is 0 Å². The Labute approximate surface area is 145 Å². The fourth-order valence-corrected chi connectivity index (χ4v) is 3.21. The molecule has 1 N–H and O–H groups in total. The van der Waals surface area contributed by atoms with Gasteiger partial charge in [0, 0.05) is 36.9 Å².